The molecule has 0 spiro atoms. The van der Waals surface area contributed by atoms with Gasteiger partial charge in [0.25, 0.3) is 10.0 Å². The number of anilines is 1. The fourth-order valence-electron chi connectivity index (χ4n) is 4.91. The van der Waals surface area contributed by atoms with Gasteiger partial charge in [0.15, 0.2) is 0 Å². The van der Waals surface area contributed by atoms with Crippen molar-refractivity contribution in [3.05, 3.63) is 84.2 Å². The van der Waals surface area contributed by atoms with Crippen LogP contribution < -0.4 is 19.1 Å². The summed E-state index contributed by atoms with van der Waals surface area (Å²) in [5.74, 6) is -0.357. The Labute approximate surface area is 246 Å². The molecular weight excluding hydrogens is 561 g/mol. The minimum Gasteiger partial charge on any atom is -0.497 e. The second-order valence-corrected chi connectivity index (χ2v) is 12.1. The summed E-state index contributed by atoms with van der Waals surface area (Å²) >= 11 is 0. The van der Waals surface area contributed by atoms with Crippen molar-refractivity contribution >= 4 is 27.5 Å². The molecule has 4 rings (SSSR count). The summed E-state index contributed by atoms with van der Waals surface area (Å²) in [5.41, 5.74) is 0.837. The van der Waals surface area contributed by atoms with Crippen LogP contribution in [0.2, 0.25) is 0 Å². The molecule has 11 heteroatoms. The topological polar surface area (TPSA) is 105 Å². The van der Waals surface area contributed by atoms with Gasteiger partial charge in [0.1, 0.15) is 29.9 Å². The van der Waals surface area contributed by atoms with Gasteiger partial charge < -0.3 is 19.7 Å². The average molecular weight is 598 g/mol. The highest BCUT2D eigenvalue weighted by Gasteiger charge is 2.33. The highest BCUT2D eigenvalue weighted by molar-refractivity contribution is 7.92. The van der Waals surface area contributed by atoms with Crippen LogP contribution in [0.25, 0.3) is 0 Å². The summed E-state index contributed by atoms with van der Waals surface area (Å²) in [7, 11) is -1.26. The summed E-state index contributed by atoms with van der Waals surface area (Å²) in [5, 5.41) is 3.04. The van der Waals surface area contributed by atoms with E-state index in [0.29, 0.717) is 11.5 Å². The third-order valence-electron chi connectivity index (χ3n) is 7.42. The molecule has 0 heterocycles. The molecule has 0 aliphatic heterocycles. The number of hydrogen-bond donors (Lipinski definition) is 1. The van der Waals surface area contributed by atoms with E-state index >= 15 is 0 Å². The number of carbonyl (C=O) groups is 2. The lowest BCUT2D eigenvalue weighted by Gasteiger charge is -2.32. The van der Waals surface area contributed by atoms with Gasteiger partial charge in [-0.25, -0.2) is 12.8 Å². The lowest BCUT2D eigenvalue weighted by molar-refractivity contribution is -0.139. The number of nitrogens with one attached hydrogen (secondary N) is 1. The summed E-state index contributed by atoms with van der Waals surface area (Å²) in [6.45, 7) is 1.07. The first kappa shape index (κ1) is 30.8. The fraction of sp³-hybridized carbons (Fsp3) is 0.355. The van der Waals surface area contributed by atoms with Gasteiger partial charge in [-0.3, -0.25) is 13.9 Å². The van der Waals surface area contributed by atoms with Gasteiger partial charge in [0.2, 0.25) is 11.8 Å². The zero-order valence-electron chi connectivity index (χ0n) is 24.0. The molecule has 1 aliphatic carbocycles. The number of sulfonamides is 1. The van der Waals surface area contributed by atoms with Crippen LogP contribution in [0.5, 0.6) is 11.5 Å². The Morgan fingerprint density at radius 2 is 1.45 bits per heavy atom. The average Bonchev–Trinajstić information content (AvgIpc) is 3.52. The summed E-state index contributed by atoms with van der Waals surface area (Å²) in [4.78, 5) is 28.6. The molecule has 0 radical (unpaired) electrons. The van der Waals surface area contributed by atoms with Crippen LogP contribution in [-0.4, -0.2) is 58.0 Å². The predicted molar refractivity (Wildman–Crippen MR) is 157 cm³/mol. The molecule has 1 saturated carbocycles. The minimum absolute atomic E-state index is 0.0454. The van der Waals surface area contributed by atoms with Crippen LogP contribution in [0, 0.1) is 5.82 Å². The van der Waals surface area contributed by atoms with E-state index in [4.69, 9.17) is 9.47 Å². The molecule has 42 heavy (non-hydrogen) atoms. The maximum Gasteiger partial charge on any atom is 0.264 e. The Balaban J connectivity index is 1.67. The van der Waals surface area contributed by atoms with Crippen molar-refractivity contribution in [3.8, 4) is 11.5 Å². The normalized spacial score (nSPS) is 14.2. The molecule has 0 bridgehead atoms. The van der Waals surface area contributed by atoms with Crippen molar-refractivity contribution in [3.63, 3.8) is 0 Å². The fourth-order valence-corrected chi connectivity index (χ4v) is 6.33. The molecule has 3 aromatic carbocycles. The van der Waals surface area contributed by atoms with Gasteiger partial charge in [-0.1, -0.05) is 25.0 Å². The van der Waals surface area contributed by atoms with E-state index in [1.807, 2.05) is 0 Å². The van der Waals surface area contributed by atoms with E-state index in [0.717, 1.165) is 47.7 Å². The first-order valence-electron chi connectivity index (χ1n) is 13.8. The van der Waals surface area contributed by atoms with Gasteiger partial charge >= 0.3 is 0 Å². The largest absolute Gasteiger partial charge is 0.497 e. The predicted octanol–water partition coefficient (Wildman–Crippen LogP) is 4.51. The van der Waals surface area contributed by atoms with E-state index in [-0.39, 0.29) is 29.1 Å². The number of ether oxygens (including phenoxy) is 2. The van der Waals surface area contributed by atoms with Gasteiger partial charge in [-0.15, -0.1) is 0 Å². The Hall–Kier alpha value is -4.12. The van der Waals surface area contributed by atoms with Crippen molar-refractivity contribution in [1.29, 1.82) is 0 Å². The Morgan fingerprint density at radius 3 is 2.00 bits per heavy atom. The molecule has 3 aromatic rings. The van der Waals surface area contributed by atoms with Gasteiger partial charge in [-0.2, -0.15) is 0 Å². The lowest BCUT2D eigenvalue weighted by Crippen LogP contribution is -2.52. The Morgan fingerprint density at radius 1 is 0.905 bits per heavy atom. The molecule has 1 N–H and O–H groups in total. The highest BCUT2D eigenvalue weighted by Crippen LogP contribution is 2.26. The van der Waals surface area contributed by atoms with E-state index in [1.165, 1.54) is 48.4 Å². The van der Waals surface area contributed by atoms with Crippen molar-refractivity contribution < 1.29 is 31.9 Å². The Kier molecular flexibility index (Phi) is 10.1. The second kappa shape index (κ2) is 13.7. The number of amides is 2. The van der Waals surface area contributed by atoms with E-state index in [9.17, 15) is 22.4 Å². The highest BCUT2D eigenvalue weighted by atomic mass is 32.2. The lowest BCUT2D eigenvalue weighted by atomic mass is 10.1. The third-order valence-corrected chi connectivity index (χ3v) is 9.21. The van der Waals surface area contributed by atoms with Gasteiger partial charge in [0.05, 0.1) is 24.8 Å². The smallest absolute Gasteiger partial charge is 0.264 e. The molecule has 0 unspecified atom stereocenters. The van der Waals surface area contributed by atoms with Crippen molar-refractivity contribution in [2.45, 2.75) is 56.1 Å². The standard InChI is InChI=1S/C31H36FN3O6S/c1-22(31(37)33-25-6-4-5-7-25)34(20-23-8-14-27(40-2)15-9-23)30(36)21-35(26-12-10-24(32)11-13-26)42(38,39)29-18-16-28(41-3)17-19-29/h8-19,22,25H,4-7,20-21H2,1-3H3,(H,33,37)/t22-/m0/s1. The quantitative estimate of drug-likeness (QED) is 0.329. The molecule has 0 saturated heterocycles. The monoisotopic (exact) mass is 597 g/mol. The number of carbonyl (C=O) groups excluding carboxylic acids is 2. The third kappa shape index (κ3) is 7.39. The molecule has 9 nitrogen and oxygen atoms in total. The van der Waals surface area contributed by atoms with Crippen LogP contribution in [0.4, 0.5) is 10.1 Å². The van der Waals surface area contributed by atoms with Crippen LogP contribution in [-0.2, 0) is 26.2 Å². The zero-order valence-corrected chi connectivity index (χ0v) is 24.8. The Bertz CT molecular complexity index is 1460. The van der Waals surface area contributed by atoms with Gasteiger partial charge in [-0.05, 0) is 86.0 Å². The molecule has 224 valence electrons. The maximum absolute atomic E-state index is 14.0. The molecule has 1 atom stereocenters. The molecule has 2 amide bonds. The van der Waals surface area contributed by atoms with E-state index in [1.54, 1.807) is 38.3 Å². The SMILES string of the molecule is COc1ccc(CN(C(=O)CN(c2ccc(F)cc2)S(=O)(=O)c2ccc(OC)cc2)[C@@H](C)C(=O)NC2CCCC2)cc1. The number of rotatable bonds is 12. The van der Waals surface area contributed by atoms with Crippen LogP contribution in [0.15, 0.2) is 77.7 Å². The molecule has 1 aliphatic rings. The van der Waals surface area contributed by atoms with Crippen molar-refractivity contribution in [2.75, 3.05) is 25.1 Å². The van der Waals surface area contributed by atoms with Crippen molar-refractivity contribution in [1.82, 2.24) is 10.2 Å². The van der Waals surface area contributed by atoms with Gasteiger partial charge in [0, 0.05) is 12.6 Å². The van der Waals surface area contributed by atoms with E-state index < -0.39 is 34.3 Å². The number of benzene rings is 3. The summed E-state index contributed by atoms with van der Waals surface area (Å²) in [6.07, 6.45) is 3.82. The number of halogens is 1. The minimum atomic E-state index is -4.28. The van der Waals surface area contributed by atoms with E-state index in [2.05, 4.69) is 5.32 Å². The van der Waals surface area contributed by atoms with Crippen LogP contribution >= 0.6 is 0 Å². The number of hydrogen-bond acceptors (Lipinski definition) is 6. The number of nitrogens with zero attached hydrogens (tertiary/aromatic N) is 2. The first-order chi connectivity index (χ1) is 20.1. The number of methoxy groups -OCH3 is 2. The van der Waals surface area contributed by atoms with Crippen LogP contribution in [0.1, 0.15) is 38.2 Å². The molecular formula is C31H36FN3O6S. The maximum atomic E-state index is 14.0. The summed E-state index contributed by atoms with van der Waals surface area (Å²) < 4.78 is 52.8. The van der Waals surface area contributed by atoms with Crippen LogP contribution in [0.3, 0.4) is 0 Å². The van der Waals surface area contributed by atoms with Crippen molar-refractivity contribution in [2.24, 2.45) is 0 Å². The second-order valence-electron chi connectivity index (χ2n) is 10.2. The zero-order chi connectivity index (χ0) is 30.3. The summed E-state index contributed by atoms with van der Waals surface area (Å²) in [6, 6.07) is 16.8. The molecule has 1 fully saturated rings. The molecule has 0 aromatic heterocycles. The first-order valence-corrected chi connectivity index (χ1v) is 15.2.